The fourth-order valence-corrected chi connectivity index (χ4v) is 1.73. The smallest absolute Gasteiger partial charge is 0.237 e. The van der Waals surface area contributed by atoms with Gasteiger partial charge in [-0.2, -0.15) is 0 Å². The Labute approximate surface area is 95.7 Å². The lowest BCUT2D eigenvalue weighted by Gasteiger charge is -2.32. The molecule has 2 N–H and O–H groups in total. The molecular formula is C11H18N4O. The van der Waals surface area contributed by atoms with E-state index in [4.69, 9.17) is 5.73 Å². The van der Waals surface area contributed by atoms with Gasteiger partial charge in [-0.05, 0) is 20.8 Å². The topological polar surface area (TPSA) is 72.1 Å². The molecule has 1 aromatic heterocycles. The first kappa shape index (κ1) is 12.6. The highest BCUT2D eigenvalue weighted by Gasteiger charge is 2.23. The summed E-state index contributed by atoms with van der Waals surface area (Å²) in [7, 11) is 0. The van der Waals surface area contributed by atoms with E-state index in [1.807, 2.05) is 20.8 Å². The zero-order valence-corrected chi connectivity index (χ0v) is 9.92. The molecule has 0 unspecified atom stereocenters. The van der Waals surface area contributed by atoms with E-state index in [1.54, 1.807) is 23.5 Å². The third kappa shape index (κ3) is 2.76. The van der Waals surface area contributed by atoms with Crippen molar-refractivity contribution in [3.05, 3.63) is 24.3 Å². The number of hydrogen-bond acceptors (Lipinski definition) is 4. The molecule has 0 fully saturated rings. The maximum atomic E-state index is 11.7. The molecule has 0 spiro atoms. The van der Waals surface area contributed by atoms with Crippen molar-refractivity contribution in [2.24, 2.45) is 5.73 Å². The van der Waals surface area contributed by atoms with Crippen molar-refractivity contribution in [2.75, 3.05) is 6.54 Å². The van der Waals surface area contributed by atoms with Crippen molar-refractivity contribution >= 4 is 5.91 Å². The quantitative estimate of drug-likeness (QED) is 0.815. The lowest BCUT2D eigenvalue weighted by Crippen LogP contribution is -2.42. The Balaban J connectivity index is 2.92. The fourth-order valence-electron chi connectivity index (χ4n) is 1.73. The van der Waals surface area contributed by atoms with Crippen LogP contribution in [0.5, 0.6) is 0 Å². The number of hydrogen-bond donors (Lipinski definition) is 1. The Kier molecular flexibility index (Phi) is 4.37. The van der Waals surface area contributed by atoms with E-state index in [9.17, 15) is 4.79 Å². The molecule has 0 saturated carbocycles. The van der Waals surface area contributed by atoms with Crippen molar-refractivity contribution in [1.82, 2.24) is 14.9 Å². The van der Waals surface area contributed by atoms with Gasteiger partial charge in [-0.25, -0.2) is 0 Å². The van der Waals surface area contributed by atoms with Gasteiger partial charge in [0.2, 0.25) is 5.91 Å². The van der Waals surface area contributed by atoms with E-state index in [2.05, 4.69) is 9.97 Å². The van der Waals surface area contributed by atoms with Crippen molar-refractivity contribution in [3.63, 3.8) is 0 Å². The standard InChI is InChI=1S/C11H18N4O/c1-8(2)15(11(16)6-12)9(3)10-7-13-4-5-14-10/h4-5,7-9H,6,12H2,1-3H3/t9-/m0/s1. The lowest BCUT2D eigenvalue weighted by atomic mass is 10.1. The molecule has 1 heterocycles. The van der Waals surface area contributed by atoms with E-state index in [-0.39, 0.29) is 24.5 Å². The maximum absolute atomic E-state index is 11.7. The number of aromatic nitrogens is 2. The third-order valence-corrected chi connectivity index (χ3v) is 2.45. The van der Waals surface area contributed by atoms with Gasteiger partial charge in [0.05, 0.1) is 24.5 Å². The summed E-state index contributed by atoms with van der Waals surface area (Å²) < 4.78 is 0. The summed E-state index contributed by atoms with van der Waals surface area (Å²) in [6.45, 7) is 5.86. The Morgan fingerprint density at radius 1 is 1.44 bits per heavy atom. The molecule has 0 bridgehead atoms. The number of amides is 1. The summed E-state index contributed by atoms with van der Waals surface area (Å²) >= 11 is 0. The minimum atomic E-state index is -0.107. The molecule has 0 saturated heterocycles. The summed E-state index contributed by atoms with van der Waals surface area (Å²) in [6, 6.07) is -0.0159. The van der Waals surface area contributed by atoms with Crippen LogP contribution in [0.25, 0.3) is 0 Å². The zero-order valence-electron chi connectivity index (χ0n) is 9.92. The molecular weight excluding hydrogens is 204 g/mol. The van der Waals surface area contributed by atoms with Crippen molar-refractivity contribution in [1.29, 1.82) is 0 Å². The van der Waals surface area contributed by atoms with Crippen LogP contribution < -0.4 is 5.73 Å². The van der Waals surface area contributed by atoms with Gasteiger partial charge >= 0.3 is 0 Å². The third-order valence-electron chi connectivity index (χ3n) is 2.45. The fraction of sp³-hybridized carbons (Fsp3) is 0.545. The molecule has 5 nitrogen and oxygen atoms in total. The number of nitrogens with zero attached hydrogens (tertiary/aromatic N) is 3. The van der Waals surface area contributed by atoms with Gasteiger partial charge in [-0.15, -0.1) is 0 Å². The SMILES string of the molecule is CC(C)N(C(=O)CN)[C@@H](C)c1cnccn1. The average molecular weight is 222 g/mol. The maximum Gasteiger partial charge on any atom is 0.237 e. The Morgan fingerprint density at radius 2 is 2.12 bits per heavy atom. The largest absolute Gasteiger partial charge is 0.331 e. The molecule has 0 aliphatic carbocycles. The summed E-state index contributed by atoms with van der Waals surface area (Å²) in [6.07, 6.45) is 4.90. The van der Waals surface area contributed by atoms with Crippen molar-refractivity contribution in [2.45, 2.75) is 32.9 Å². The Hall–Kier alpha value is -1.49. The monoisotopic (exact) mass is 222 g/mol. The van der Waals surface area contributed by atoms with Crippen LogP contribution >= 0.6 is 0 Å². The van der Waals surface area contributed by atoms with E-state index < -0.39 is 0 Å². The Bertz CT molecular complexity index is 339. The minimum Gasteiger partial charge on any atom is -0.331 e. The predicted octanol–water partition coefficient (Wildman–Crippen LogP) is 0.733. The number of rotatable bonds is 4. The first-order valence-electron chi connectivity index (χ1n) is 5.35. The summed E-state index contributed by atoms with van der Waals surface area (Å²) in [4.78, 5) is 21.6. The van der Waals surface area contributed by atoms with Crippen LogP contribution in [0.4, 0.5) is 0 Å². The molecule has 0 aliphatic rings. The average Bonchev–Trinajstić information content (AvgIpc) is 2.29. The van der Waals surface area contributed by atoms with Crippen LogP contribution in [-0.4, -0.2) is 33.4 Å². The Morgan fingerprint density at radius 3 is 2.56 bits per heavy atom. The molecule has 0 aliphatic heterocycles. The van der Waals surface area contributed by atoms with Gasteiger partial charge in [0.25, 0.3) is 0 Å². The van der Waals surface area contributed by atoms with Gasteiger partial charge in [-0.1, -0.05) is 0 Å². The van der Waals surface area contributed by atoms with Gasteiger partial charge in [0.15, 0.2) is 0 Å². The normalized spacial score (nSPS) is 12.6. The zero-order chi connectivity index (χ0) is 12.1. The molecule has 1 rings (SSSR count). The first-order chi connectivity index (χ1) is 7.57. The second-order valence-electron chi connectivity index (χ2n) is 3.91. The van der Waals surface area contributed by atoms with Crippen LogP contribution in [0.1, 0.15) is 32.5 Å². The summed E-state index contributed by atoms with van der Waals surface area (Å²) in [5, 5.41) is 0. The van der Waals surface area contributed by atoms with Gasteiger partial charge in [-0.3, -0.25) is 14.8 Å². The molecule has 1 atom stereocenters. The van der Waals surface area contributed by atoms with Gasteiger partial charge < -0.3 is 10.6 Å². The molecule has 88 valence electrons. The number of carbonyl (C=O) groups excluding carboxylic acids is 1. The lowest BCUT2D eigenvalue weighted by molar-refractivity contribution is -0.133. The van der Waals surface area contributed by atoms with Crippen molar-refractivity contribution < 1.29 is 4.79 Å². The highest BCUT2D eigenvalue weighted by atomic mass is 16.2. The predicted molar refractivity (Wildman–Crippen MR) is 61.5 cm³/mol. The van der Waals surface area contributed by atoms with E-state index in [0.29, 0.717) is 0 Å². The number of nitrogens with two attached hydrogens (primary N) is 1. The van der Waals surface area contributed by atoms with Gasteiger partial charge in [0.1, 0.15) is 0 Å². The molecule has 16 heavy (non-hydrogen) atoms. The van der Waals surface area contributed by atoms with Crippen LogP contribution in [0.2, 0.25) is 0 Å². The summed E-state index contributed by atoms with van der Waals surface area (Å²) in [5.74, 6) is -0.0758. The van der Waals surface area contributed by atoms with Gasteiger partial charge in [0, 0.05) is 18.4 Å². The second-order valence-corrected chi connectivity index (χ2v) is 3.91. The number of carbonyl (C=O) groups is 1. The van der Waals surface area contributed by atoms with E-state index >= 15 is 0 Å². The molecule has 5 heteroatoms. The van der Waals surface area contributed by atoms with Crippen LogP contribution in [0.15, 0.2) is 18.6 Å². The molecule has 0 radical (unpaired) electrons. The second kappa shape index (κ2) is 5.55. The summed E-state index contributed by atoms with van der Waals surface area (Å²) in [5.41, 5.74) is 6.18. The molecule has 1 amide bonds. The van der Waals surface area contributed by atoms with Crippen molar-refractivity contribution in [3.8, 4) is 0 Å². The highest BCUT2D eigenvalue weighted by molar-refractivity contribution is 5.78. The minimum absolute atomic E-state index is 0.0166. The van der Waals surface area contributed by atoms with E-state index in [1.165, 1.54) is 0 Å². The van der Waals surface area contributed by atoms with Crippen LogP contribution in [0.3, 0.4) is 0 Å². The first-order valence-corrected chi connectivity index (χ1v) is 5.35. The molecule has 0 aromatic carbocycles. The van der Waals surface area contributed by atoms with Crippen LogP contribution in [0, 0.1) is 0 Å². The molecule has 1 aromatic rings. The highest BCUT2D eigenvalue weighted by Crippen LogP contribution is 2.19. The van der Waals surface area contributed by atoms with Crippen LogP contribution in [-0.2, 0) is 4.79 Å². The van der Waals surface area contributed by atoms with E-state index in [0.717, 1.165) is 5.69 Å².